The molecule has 1 aliphatic rings. The number of carbonyl (C=O) groups is 2. The molecule has 1 aromatic rings. The van der Waals surface area contributed by atoms with Crippen molar-refractivity contribution in [1.82, 2.24) is 10.3 Å². The number of hydrogen-bond acceptors (Lipinski definition) is 5. The van der Waals surface area contributed by atoms with Crippen LogP contribution in [0.5, 0.6) is 5.88 Å². The van der Waals surface area contributed by atoms with Crippen LogP contribution in [0.15, 0.2) is 18.3 Å². The highest BCUT2D eigenvalue weighted by atomic mass is 16.5. The Hall–Kier alpha value is -2.15. The number of nitrogens with zero attached hydrogens (tertiary/aromatic N) is 1. The zero-order valence-corrected chi connectivity index (χ0v) is 14.9. The fourth-order valence-corrected chi connectivity index (χ4v) is 2.26. The first kappa shape index (κ1) is 19.2. The van der Waals surface area contributed by atoms with Crippen molar-refractivity contribution in [3.63, 3.8) is 0 Å². The fraction of sp³-hybridized carbons (Fsp3) is 0.611. The van der Waals surface area contributed by atoms with Crippen molar-refractivity contribution in [2.75, 3.05) is 6.61 Å². The third-order valence-electron chi connectivity index (χ3n) is 3.88. The largest absolute Gasteiger partial charge is 0.480 e. The Morgan fingerprint density at radius 1 is 1.40 bits per heavy atom. The van der Waals surface area contributed by atoms with E-state index >= 15 is 0 Å². The van der Waals surface area contributed by atoms with E-state index < -0.39 is 17.9 Å². The summed E-state index contributed by atoms with van der Waals surface area (Å²) in [6, 6.07) is 2.06. The Bertz CT molecular complexity index is 608. The smallest absolute Gasteiger partial charge is 0.326 e. The Kier molecular flexibility index (Phi) is 6.36. The van der Waals surface area contributed by atoms with Gasteiger partial charge in [0.2, 0.25) is 5.88 Å². The second-order valence-corrected chi connectivity index (χ2v) is 7.17. The second kappa shape index (κ2) is 8.29. The molecule has 0 radical (unpaired) electrons. The Balaban J connectivity index is 1.93. The van der Waals surface area contributed by atoms with E-state index in [-0.39, 0.29) is 24.7 Å². The van der Waals surface area contributed by atoms with E-state index in [1.807, 2.05) is 20.8 Å². The summed E-state index contributed by atoms with van der Waals surface area (Å²) < 4.78 is 11.2. The van der Waals surface area contributed by atoms with Gasteiger partial charge < -0.3 is 19.9 Å². The van der Waals surface area contributed by atoms with Gasteiger partial charge in [-0.2, -0.15) is 0 Å². The number of rotatable bonds is 8. The van der Waals surface area contributed by atoms with Gasteiger partial charge in [0.1, 0.15) is 12.1 Å². The van der Waals surface area contributed by atoms with Crippen molar-refractivity contribution >= 4 is 11.9 Å². The average molecular weight is 350 g/mol. The predicted octanol–water partition coefficient (Wildman–Crippen LogP) is 2.40. The molecule has 2 N–H and O–H groups in total. The van der Waals surface area contributed by atoms with Gasteiger partial charge in [-0.05, 0) is 46.1 Å². The van der Waals surface area contributed by atoms with E-state index in [0.29, 0.717) is 11.4 Å². The summed E-state index contributed by atoms with van der Waals surface area (Å²) in [7, 11) is 0. The summed E-state index contributed by atoms with van der Waals surface area (Å²) in [6.45, 7) is 5.92. The molecule has 138 valence electrons. The van der Waals surface area contributed by atoms with Crippen LogP contribution in [-0.2, 0) is 9.53 Å². The summed E-state index contributed by atoms with van der Waals surface area (Å²) in [4.78, 5) is 27.8. The molecule has 0 aliphatic heterocycles. The van der Waals surface area contributed by atoms with Crippen molar-refractivity contribution in [2.24, 2.45) is 0 Å². The molecule has 1 fully saturated rings. The van der Waals surface area contributed by atoms with E-state index in [2.05, 4.69) is 10.3 Å². The summed E-state index contributed by atoms with van der Waals surface area (Å²) in [5.74, 6) is -1.17. The number of carboxylic acids is 1. The summed E-state index contributed by atoms with van der Waals surface area (Å²) in [6.07, 6.45) is 4.96. The summed E-state index contributed by atoms with van der Waals surface area (Å²) in [5.41, 5.74) is -0.0290. The number of carboxylic acid groups (broad SMARTS) is 1. The molecule has 1 saturated carbocycles. The maximum Gasteiger partial charge on any atom is 0.326 e. The molecule has 25 heavy (non-hydrogen) atoms. The Morgan fingerprint density at radius 3 is 2.68 bits per heavy atom. The zero-order valence-electron chi connectivity index (χ0n) is 14.9. The highest BCUT2D eigenvalue weighted by Gasteiger charge is 2.23. The number of pyridine rings is 1. The lowest BCUT2D eigenvalue weighted by atomic mass is 9.96. The molecule has 1 aliphatic carbocycles. The highest BCUT2D eigenvalue weighted by molar-refractivity contribution is 5.96. The average Bonchev–Trinajstić information content (AvgIpc) is 2.49. The fourth-order valence-electron chi connectivity index (χ4n) is 2.26. The van der Waals surface area contributed by atoms with Gasteiger partial charge in [-0.1, -0.05) is 0 Å². The number of hydrogen-bond donors (Lipinski definition) is 2. The normalized spacial score (nSPS) is 16.0. The Labute approximate surface area is 147 Å². The molecular weight excluding hydrogens is 324 g/mol. The summed E-state index contributed by atoms with van der Waals surface area (Å²) in [5, 5.41) is 11.8. The van der Waals surface area contributed by atoms with E-state index in [1.54, 1.807) is 0 Å². The van der Waals surface area contributed by atoms with Crippen LogP contribution in [0.3, 0.4) is 0 Å². The number of aromatic nitrogens is 1. The van der Waals surface area contributed by atoms with Crippen LogP contribution in [0, 0.1) is 0 Å². The zero-order chi connectivity index (χ0) is 18.4. The lowest BCUT2D eigenvalue weighted by Crippen LogP contribution is -2.42. The molecule has 1 atom stereocenters. The van der Waals surface area contributed by atoms with Crippen LogP contribution in [0.2, 0.25) is 0 Å². The van der Waals surface area contributed by atoms with Gasteiger partial charge in [0.15, 0.2) is 0 Å². The highest BCUT2D eigenvalue weighted by Crippen LogP contribution is 2.24. The quantitative estimate of drug-likeness (QED) is 0.747. The van der Waals surface area contributed by atoms with Crippen molar-refractivity contribution in [3.05, 3.63) is 23.9 Å². The van der Waals surface area contributed by atoms with Crippen LogP contribution in [-0.4, -0.2) is 46.3 Å². The third kappa shape index (κ3) is 6.34. The molecule has 1 unspecified atom stereocenters. The van der Waals surface area contributed by atoms with Crippen LogP contribution in [0.1, 0.15) is 56.8 Å². The van der Waals surface area contributed by atoms with Gasteiger partial charge in [-0.3, -0.25) is 4.79 Å². The molecule has 1 aromatic heterocycles. The van der Waals surface area contributed by atoms with Gasteiger partial charge in [0.25, 0.3) is 5.91 Å². The van der Waals surface area contributed by atoms with Gasteiger partial charge in [0.05, 0.1) is 5.60 Å². The van der Waals surface area contributed by atoms with Crippen LogP contribution in [0.25, 0.3) is 0 Å². The maximum atomic E-state index is 12.3. The van der Waals surface area contributed by atoms with Crippen molar-refractivity contribution in [2.45, 2.75) is 64.2 Å². The first-order valence-corrected chi connectivity index (χ1v) is 8.55. The molecule has 7 heteroatoms. The van der Waals surface area contributed by atoms with Gasteiger partial charge in [-0.25, -0.2) is 9.78 Å². The van der Waals surface area contributed by atoms with Crippen molar-refractivity contribution < 1.29 is 24.2 Å². The topological polar surface area (TPSA) is 97.8 Å². The number of amides is 1. The van der Waals surface area contributed by atoms with E-state index in [0.717, 1.165) is 19.3 Å². The molecule has 0 aromatic carbocycles. The number of carbonyl (C=O) groups excluding carboxylic acids is 1. The van der Waals surface area contributed by atoms with Crippen LogP contribution >= 0.6 is 0 Å². The molecule has 0 spiro atoms. The molecule has 7 nitrogen and oxygen atoms in total. The lowest BCUT2D eigenvalue weighted by molar-refractivity contribution is -0.140. The third-order valence-corrected chi connectivity index (χ3v) is 3.88. The van der Waals surface area contributed by atoms with Crippen molar-refractivity contribution in [3.8, 4) is 5.88 Å². The van der Waals surface area contributed by atoms with E-state index in [4.69, 9.17) is 9.47 Å². The van der Waals surface area contributed by atoms with Gasteiger partial charge in [-0.15, -0.1) is 0 Å². The predicted molar refractivity (Wildman–Crippen MR) is 91.7 cm³/mol. The number of aliphatic carboxylic acids is 1. The Morgan fingerprint density at radius 2 is 2.12 bits per heavy atom. The molecule has 1 heterocycles. The van der Waals surface area contributed by atoms with Crippen LogP contribution < -0.4 is 10.1 Å². The minimum atomic E-state index is -1.09. The molecular formula is C18H26N2O5. The molecule has 0 saturated heterocycles. The van der Waals surface area contributed by atoms with E-state index in [9.17, 15) is 14.7 Å². The van der Waals surface area contributed by atoms with E-state index in [1.165, 1.54) is 18.3 Å². The maximum absolute atomic E-state index is 12.3. The van der Waals surface area contributed by atoms with Crippen LogP contribution in [0.4, 0.5) is 0 Å². The standard InChI is InChI=1S/C18H26N2O5/c1-18(2,3)24-10-8-14(17(22)23)20-16(21)12-7-9-19-15(11-12)25-13-5-4-6-13/h7,9,11,13-14H,4-6,8,10H2,1-3H3,(H,20,21)(H,22,23). The molecule has 2 rings (SSSR count). The summed E-state index contributed by atoms with van der Waals surface area (Å²) >= 11 is 0. The molecule has 1 amide bonds. The monoisotopic (exact) mass is 350 g/mol. The lowest BCUT2D eigenvalue weighted by Gasteiger charge is -2.25. The minimum Gasteiger partial charge on any atom is -0.480 e. The first-order valence-electron chi connectivity index (χ1n) is 8.55. The van der Waals surface area contributed by atoms with Gasteiger partial charge >= 0.3 is 5.97 Å². The SMILES string of the molecule is CC(C)(C)OCCC(NC(=O)c1ccnc(OC2CCC2)c1)C(=O)O. The number of nitrogens with one attached hydrogen (secondary N) is 1. The number of ether oxygens (including phenoxy) is 2. The first-order chi connectivity index (χ1) is 11.7. The van der Waals surface area contributed by atoms with Gasteiger partial charge in [0, 0.05) is 30.9 Å². The second-order valence-electron chi connectivity index (χ2n) is 7.17. The molecule has 0 bridgehead atoms. The van der Waals surface area contributed by atoms with Crippen molar-refractivity contribution in [1.29, 1.82) is 0 Å². The minimum absolute atomic E-state index is 0.159.